The van der Waals surface area contributed by atoms with E-state index in [-0.39, 0.29) is 5.91 Å². The van der Waals surface area contributed by atoms with Crippen molar-refractivity contribution in [3.63, 3.8) is 0 Å². The summed E-state index contributed by atoms with van der Waals surface area (Å²) in [4.78, 5) is 22.9. The topological polar surface area (TPSA) is 62.6 Å². The molecule has 1 aliphatic rings. The lowest BCUT2D eigenvalue weighted by atomic mass is 10.1. The number of carbonyl (C=O) groups excluding carboxylic acids is 1. The maximum Gasteiger partial charge on any atom is 0.256 e. The third-order valence-electron chi connectivity index (χ3n) is 7.49. The summed E-state index contributed by atoms with van der Waals surface area (Å²) >= 11 is 0. The number of benzene rings is 3. The summed E-state index contributed by atoms with van der Waals surface area (Å²) < 4.78 is 7.52. The number of nitrogens with zero attached hydrogens (tertiary/aromatic N) is 4. The van der Waals surface area contributed by atoms with Gasteiger partial charge >= 0.3 is 0 Å². The molecule has 6 rings (SSSR count). The average molecular weight is 506 g/mol. The Morgan fingerprint density at radius 1 is 0.868 bits per heavy atom. The molecule has 0 unspecified atom stereocenters. The van der Waals surface area contributed by atoms with Gasteiger partial charge < -0.3 is 24.4 Å². The number of hydrogen-bond acceptors (Lipinski definition) is 5. The van der Waals surface area contributed by atoms with Crippen molar-refractivity contribution >= 4 is 39.2 Å². The van der Waals surface area contributed by atoms with Gasteiger partial charge in [-0.1, -0.05) is 18.2 Å². The molecule has 5 aromatic rings. The second-order valence-electron chi connectivity index (χ2n) is 9.85. The van der Waals surface area contributed by atoms with E-state index in [1.54, 1.807) is 7.11 Å². The molecular formula is C31H31N5O2. The Labute approximate surface area is 222 Å². The van der Waals surface area contributed by atoms with Gasteiger partial charge in [0.15, 0.2) is 0 Å². The van der Waals surface area contributed by atoms with Gasteiger partial charge in [0.1, 0.15) is 11.6 Å². The van der Waals surface area contributed by atoms with Crippen molar-refractivity contribution < 1.29 is 9.53 Å². The first-order chi connectivity index (χ1) is 18.5. The zero-order chi connectivity index (χ0) is 26.2. The Morgan fingerprint density at radius 2 is 1.58 bits per heavy atom. The number of aryl methyl sites for hydroxylation is 1. The molecule has 1 fully saturated rings. The van der Waals surface area contributed by atoms with Crippen molar-refractivity contribution in [2.24, 2.45) is 7.05 Å². The van der Waals surface area contributed by atoms with Crippen LogP contribution in [0.5, 0.6) is 5.75 Å². The number of para-hydroxylation sites is 1. The minimum atomic E-state index is -0.178. The molecule has 38 heavy (non-hydrogen) atoms. The number of amides is 1. The third-order valence-corrected chi connectivity index (χ3v) is 7.49. The molecule has 2 aromatic heterocycles. The smallest absolute Gasteiger partial charge is 0.256 e. The molecule has 0 atom stereocenters. The summed E-state index contributed by atoms with van der Waals surface area (Å²) in [5.41, 5.74) is 5.65. The van der Waals surface area contributed by atoms with Crippen molar-refractivity contribution in [1.29, 1.82) is 0 Å². The molecule has 1 saturated heterocycles. The zero-order valence-electron chi connectivity index (χ0n) is 21.9. The van der Waals surface area contributed by atoms with Gasteiger partial charge in [0, 0.05) is 66.3 Å². The van der Waals surface area contributed by atoms with E-state index in [4.69, 9.17) is 9.72 Å². The molecule has 0 aliphatic carbocycles. The predicted octanol–water partition coefficient (Wildman–Crippen LogP) is 5.41. The maximum absolute atomic E-state index is 13.3. The van der Waals surface area contributed by atoms with E-state index in [2.05, 4.69) is 45.9 Å². The first-order valence-corrected chi connectivity index (χ1v) is 12.9. The average Bonchev–Trinajstić information content (AvgIpc) is 3.25. The van der Waals surface area contributed by atoms with E-state index in [9.17, 15) is 4.79 Å². The lowest BCUT2D eigenvalue weighted by molar-refractivity contribution is 0.102. The number of anilines is 2. The van der Waals surface area contributed by atoms with Gasteiger partial charge in [0.05, 0.1) is 18.3 Å². The van der Waals surface area contributed by atoms with Crippen LogP contribution in [0.3, 0.4) is 0 Å². The number of piperazine rings is 1. The second kappa shape index (κ2) is 9.84. The van der Waals surface area contributed by atoms with Crippen LogP contribution in [0.15, 0.2) is 78.9 Å². The summed E-state index contributed by atoms with van der Waals surface area (Å²) in [6, 6.07) is 26.0. The quantitative estimate of drug-likeness (QED) is 0.346. The standard InChI is InChI=1S/C31H31N5O2/c1-34-16-18-36(19-17-34)23-12-8-22(9-13-23)31(37)33-28-20-26-25-6-4-5-7-27(25)35(2)30(26)29(32-28)21-10-14-24(38-3)15-11-21/h4-15,20H,16-19H2,1-3H3,(H,32,33,37). The summed E-state index contributed by atoms with van der Waals surface area (Å²) in [6.45, 7) is 4.07. The Morgan fingerprint density at radius 3 is 2.29 bits per heavy atom. The minimum Gasteiger partial charge on any atom is -0.497 e. The molecule has 3 heterocycles. The Bertz CT molecular complexity index is 1620. The van der Waals surface area contributed by atoms with Crippen molar-refractivity contribution in [3.8, 4) is 17.0 Å². The largest absolute Gasteiger partial charge is 0.497 e. The van der Waals surface area contributed by atoms with Crippen LogP contribution in [0.1, 0.15) is 10.4 Å². The van der Waals surface area contributed by atoms with E-state index in [1.807, 2.05) is 66.7 Å². The molecule has 1 N–H and O–H groups in total. The number of likely N-dealkylation sites (N-methyl/N-ethyl adjacent to an activating group) is 1. The van der Waals surface area contributed by atoms with Gasteiger partial charge in [0.2, 0.25) is 0 Å². The molecule has 0 bridgehead atoms. The van der Waals surface area contributed by atoms with Crippen molar-refractivity contribution in [1.82, 2.24) is 14.5 Å². The highest BCUT2D eigenvalue weighted by Gasteiger charge is 2.19. The van der Waals surface area contributed by atoms with Crippen molar-refractivity contribution in [2.45, 2.75) is 0 Å². The van der Waals surface area contributed by atoms with E-state index in [0.29, 0.717) is 11.4 Å². The molecule has 3 aromatic carbocycles. The third kappa shape index (κ3) is 4.35. The minimum absolute atomic E-state index is 0.178. The van der Waals surface area contributed by atoms with Gasteiger partial charge in [0.25, 0.3) is 5.91 Å². The van der Waals surface area contributed by atoms with Gasteiger partial charge in [-0.2, -0.15) is 0 Å². The summed E-state index contributed by atoms with van der Waals surface area (Å²) in [5.74, 6) is 1.13. The molecular weight excluding hydrogens is 474 g/mol. The summed E-state index contributed by atoms with van der Waals surface area (Å²) in [7, 11) is 5.86. The zero-order valence-corrected chi connectivity index (χ0v) is 21.9. The fourth-order valence-corrected chi connectivity index (χ4v) is 5.29. The van der Waals surface area contributed by atoms with Crippen LogP contribution in [-0.2, 0) is 7.05 Å². The number of carbonyl (C=O) groups is 1. The van der Waals surface area contributed by atoms with E-state index >= 15 is 0 Å². The highest BCUT2D eigenvalue weighted by Crippen LogP contribution is 2.36. The molecule has 0 radical (unpaired) electrons. The highest BCUT2D eigenvalue weighted by molar-refractivity contribution is 6.14. The maximum atomic E-state index is 13.3. The van der Waals surface area contributed by atoms with Crippen LogP contribution >= 0.6 is 0 Å². The van der Waals surface area contributed by atoms with Crippen LogP contribution in [-0.4, -0.2) is 60.7 Å². The number of pyridine rings is 1. The van der Waals surface area contributed by atoms with Crippen LogP contribution in [0.25, 0.3) is 33.1 Å². The number of fused-ring (bicyclic) bond motifs is 3. The number of hydrogen-bond donors (Lipinski definition) is 1. The number of rotatable bonds is 5. The number of nitrogens with one attached hydrogen (secondary N) is 1. The van der Waals surface area contributed by atoms with Crippen LogP contribution < -0.4 is 15.0 Å². The first kappa shape index (κ1) is 24.0. The Balaban J connectivity index is 1.36. The predicted molar refractivity (Wildman–Crippen MR) is 154 cm³/mol. The lowest BCUT2D eigenvalue weighted by Gasteiger charge is -2.34. The first-order valence-electron chi connectivity index (χ1n) is 12.9. The molecule has 192 valence electrons. The summed E-state index contributed by atoms with van der Waals surface area (Å²) in [6.07, 6.45) is 0. The van der Waals surface area contributed by atoms with Gasteiger partial charge in [-0.25, -0.2) is 4.98 Å². The van der Waals surface area contributed by atoms with E-state index in [0.717, 1.165) is 70.7 Å². The second-order valence-corrected chi connectivity index (χ2v) is 9.85. The molecule has 7 heteroatoms. The van der Waals surface area contributed by atoms with Gasteiger partial charge in [-0.15, -0.1) is 0 Å². The molecule has 1 aliphatic heterocycles. The van der Waals surface area contributed by atoms with E-state index < -0.39 is 0 Å². The normalized spacial score (nSPS) is 14.2. The molecule has 1 amide bonds. The summed E-state index contributed by atoms with van der Waals surface area (Å²) in [5, 5.41) is 5.22. The SMILES string of the molecule is COc1ccc(-c2nc(NC(=O)c3ccc(N4CCN(C)CC4)cc3)cc3c4ccccc4n(C)c23)cc1. The monoisotopic (exact) mass is 505 g/mol. The highest BCUT2D eigenvalue weighted by atomic mass is 16.5. The fourth-order valence-electron chi connectivity index (χ4n) is 5.29. The lowest BCUT2D eigenvalue weighted by Crippen LogP contribution is -2.44. The molecule has 7 nitrogen and oxygen atoms in total. The Kier molecular flexibility index (Phi) is 6.21. The van der Waals surface area contributed by atoms with Gasteiger partial charge in [-0.05, 0) is 67.7 Å². The molecule has 0 spiro atoms. The Hall–Kier alpha value is -4.36. The molecule has 0 saturated carbocycles. The fraction of sp³-hybridized carbons (Fsp3) is 0.226. The van der Waals surface area contributed by atoms with Crippen molar-refractivity contribution in [3.05, 3.63) is 84.4 Å². The van der Waals surface area contributed by atoms with Crippen molar-refractivity contribution in [2.75, 3.05) is 50.6 Å². The number of ether oxygens (including phenoxy) is 1. The number of methoxy groups -OCH3 is 1. The van der Waals surface area contributed by atoms with Crippen LogP contribution in [0.2, 0.25) is 0 Å². The number of aromatic nitrogens is 2. The van der Waals surface area contributed by atoms with Crippen LogP contribution in [0, 0.1) is 0 Å². The van der Waals surface area contributed by atoms with Crippen LogP contribution in [0.4, 0.5) is 11.5 Å². The van der Waals surface area contributed by atoms with E-state index in [1.165, 1.54) is 0 Å². The van der Waals surface area contributed by atoms with Gasteiger partial charge in [-0.3, -0.25) is 4.79 Å².